The minimum absolute atomic E-state index is 0.0304. The lowest BCUT2D eigenvalue weighted by atomic mass is 10.1. The molecule has 3 rings (SSSR count). The monoisotopic (exact) mass is 402 g/mol. The summed E-state index contributed by atoms with van der Waals surface area (Å²) in [6, 6.07) is 4.57. The van der Waals surface area contributed by atoms with E-state index in [0.717, 1.165) is 5.56 Å². The zero-order valence-corrected chi connectivity index (χ0v) is 15.9. The van der Waals surface area contributed by atoms with Gasteiger partial charge in [-0.25, -0.2) is 22.0 Å². The minimum atomic E-state index is -3.96. The van der Waals surface area contributed by atoms with Crippen LogP contribution in [0.15, 0.2) is 39.0 Å². The Kier molecular flexibility index (Phi) is 4.97. The third kappa shape index (κ3) is 3.61. The van der Waals surface area contributed by atoms with Crippen LogP contribution < -0.4 is 10.5 Å². The van der Waals surface area contributed by atoms with Gasteiger partial charge < -0.3 is 5.32 Å². The quantitative estimate of drug-likeness (QED) is 0.757. The molecule has 1 unspecified atom stereocenters. The van der Waals surface area contributed by atoms with E-state index in [1.807, 2.05) is 6.92 Å². The van der Waals surface area contributed by atoms with Gasteiger partial charge in [0.25, 0.3) is 10.0 Å². The topological polar surface area (TPSA) is 122 Å². The van der Waals surface area contributed by atoms with Crippen LogP contribution in [0.5, 0.6) is 0 Å². The average Bonchev–Trinajstić information content (AvgIpc) is 3.00. The summed E-state index contributed by atoms with van der Waals surface area (Å²) < 4.78 is 50.4. The molecule has 3 heterocycles. The second-order valence-corrected chi connectivity index (χ2v) is 10.6. The van der Waals surface area contributed by atoms with Gasteiger partial charge >= 0.3 is 0 Å². The Bertz CT molecular complexity index is 971. The van der Waals surface area contributed by atoms with E-state index in [1.54, 1.807) is 24.5 Å². The fraction of sp³-hybridized carbons (Fsp3) is 0.357. The van der Waals surface area contributed by atoms with Crippen molar-refractivity contribution in [1.82, 2.24) is 14.6 Å². The number of nitrogens with zero attached hydrogens (tertiary/aromatic N) is 2. The Hall–Kier alpha value is -1.37. The number of sulfonamides is 2. The SMILES string of the molecule is CCNC1CN(Cc2ccncc2)S(=O)(=O)c2sc(S(N)(=O)=O)cc21. The van der Waals surface area contributed by atoms with Gasteiger partial charge in [-0.15, -0.1) is 11.3 Å². The number of likely N-dealkylation sites (N-methyl/N-ethyl adjacent to an activating group) is 1. The van der Waals surface area contributed by atoms with Crippen molar-refractivity contribution in [3.63, 3.8) is 0 Å². The van der Waals surface area contributed by atoms with E-state index in [9.17, 15) is 16.8 Å². The fourth-order valence-electron chi connectivity index (χ4n) is 2.73. The molecule has 11 heteroatoms. The lowest BCUT2D eigenvalue weighted by Gasteiger charge is -2.32. The van der Waals surface area contributed by atoms with E-state index in [2.05, 4.69) is 10.3 Å². The van der Waals surface area contributed by atoms with Gasteiger partial charge in [-0.05, 0) is 30.3 Å². The predicted octanol–water partition coefficient (Wildman–Crippen LogP) is 0.646. The molecule has 8 nitrogen and oxygen atoms in total. The van der Waals surface area contributed by atoms with Crippen LogP contribution in [0.2, 0.25) is 0 Å². The second-order valence-electron chi connectivity index (χ2n) is 5.62. The van der Waals surface area contributed by atoms with Crippen LogP contribution >= 0.6 is 11.3 Å². The number of primary sulfonamides is 1. The van der Waals surface area contributed by atoms with Crippen LogP contribution in [0.1, 0.15) is 24.1 Å². The molecule has 3 N–H and O–H groups in total. The summed E-state index contributed by atoms with van der Waals surface area (Å²) in [6.45, 7) is 2.93. The molecule has 1 aliphatic heterocycles. The van der Waals surface area contributed by atoms with Crippen molar-refractivity contribution < 1.29 is 16.8 Å². The maximum Gasteiger partial charge on any atom is 0.253 e. The fourth-order valence-corrected chi connectivity index (χ4v) is 6.99. The van der Waals surface area contributed by atoms with E-state index in [0.29, 0.717) is 23.4 Å². The van der Waals surface area contributed by atoms with Crippen molar-refractivity contribution in [2.75, 3.05) is 13.1 Å². The van der Waals surface area contributed by atoms with Crippen LogP contribution in [-0.4, -0.2) is 39.2 Å². The molecule has 0 spiro atoms. The molecule has 0 bridgehead atoms. The highest BCUT2D eigenvalue weighted by Gasteiger charge is 2.39. The Morgan fingerprint density at radius 1 is 1.40 bits per heavy atom. The van der Waals surface area contributed by atoms with Crippen molar-refractivity contribution in [1.29, 1.82) is 0 Å². The number of aromatic nitrogens is 1. The summed E-state index contributed by atoms with van der Waals surface area (Å²) in [5.74, 6) is 0. The maximum atomic E-state index is 13.0. The van der Waals surface area contributed by atoms with E-state index >= 15 is 0 Å². The van der Waals surface area contributed by atoms with Crippen molar-refractivity contribution in [2.45, 2.75) is 27.9 Å². The molecule has 0 amide bonds. The molecule has 136 valence electrons. The smallest absolute Gasteiger partial charge is 0.253 e. The number of hydrogen-bond donors (Lipinski definition) is 2. The van der Waals surface area contributed by atoms with E-state index in [4.69, 9.17) is 5.14 Å². The predicted molar refractivity (Wildman–Crippen MR) is 93.9 cm³/mol. The molecule has 1 aliphatic rings. The third-order valence-electron chi connectivity index (χ3n) is 3.88. The van der Waals surface area contributed by atoms with Gasteiger partial charge in [-0.1, -0.05) is 6.92 Å². The van der Waals surface area contributed by atoms with Gasteiger partial charge in [0, 0.05) is 37.1 Å². The van der Waals surface area contributed by atoms with Crippen LogP contribution in [0.4, 0.5) is 0 Å². The van der Waals surface area contributed by atoms with E-state index in [-0.39, 0.29) is 27.5 Å². The zero-order chi connectivity index (χ0) is 18.2. The Balaban J connectivity index is 2.06. The highest BCUT2D eigenvalue weighted by Crippen LogP contribution is 2.40. The average molecular weight is 403 g/mol. The summed E-state index contributed by atoms with van der Waals surface area (Å²) in [5, 5.41) is 8.39. The number of fused-ring (bicyclic) bond motifs is 1. The Labute approximate surface area is 150 Å². The standard InChI is InChI=1S/C14H18N4O4S3/c1-2-17-12-9-18(8-10-3-5-16-6-4-10)25(21,22)14-11(12)7-13(23-14)24(15,19)20/h3-7,12,17H,2,8-9H2,1H3,(H2,15,19,20). The van der Waals surface area contributed by atoms with E-state index < -0.39 is 20.0 Å². The van der Waals surface area contributed by atoms with Crippen molar-refractivity contribution >= 4 is 31.4 Å². The van der Waals surface area contributed by atoms with Gasteiger partial charge in [0.05, 0.1) is 0 Å². The Morgan fingerprint density at radius 3 is 2.68 bits per heavy atom. The van der Waals surface area contributed by atoms with Gasteiger partial charge in [0.1, 0.15) is 8.42 Å². The first-order valence-corrected chi connectivity index (χ1v) is 11.3. The van der Waals surface area contributed by atoms with Gasteiger partial charge in [-0.3, -0.25) is 4.98 Å². The third-order valence-corrected chi connectivity index (χ3v) is 8.79. The summed E-state index contributed by atoms with van der Waals surface area (Å²) in [5.41, 5.74) is 1.27. The summed E-state index contributed by atoms with van der Waals surface area (Å²) in [6.07, 6.45) is 3.20. The minimum Gasteiger partial charge on any atom is -0.309 e. The number of thiophene rings is 1. The molecule has 1 atom stereocenters. The van der Waals surface area contributed by atoms with Crippen LogP contribution in [0, 0.1) is 0 Å². The second kappa shape index (κ2) is 6.74. The molecule has 25 heavy (non-hydrogen) atoms. The molecular formula is C14H18N4O4S3. The summed E-state index contributed by atoms with van der Waals surface area (Å²) in [4.78, 5) is 3.93. The lowest BCUT2D eigenvalue weighted by molar-refractivity contribution is 0.339. The zero-order valence-electron chi connectivity index (χ0n) is 13.4. The highest BCUT2D eigenvalue weighted by atomic mass is 32.3. The largest absolute Gasteiger partial charge is 0.309 e. The number of pyridine rings is 1. The van der Waals surface area contributed by atoms with Crippen LogP contribution in [0.25, 0.3) is 0 Å². The number of nitrogens with one attached hydrogen (secondary N) is 1. The van der Waals surface area contributed by atoms with Gasteiger partial charge in [-0.2, -0.15) is 4.31 Å². The van der Waals surface area contributed by atoms with Crippen molar-refractivity contribution in [2.24, 2.45) is 5.14 Å². The number of nitrogens with two attached hydrogens (primary N) is 1. The first-order valence-electron chi connectivity index (χ1n) is 7.52. The summed E-state index contributed by atoms with van der Waals surface area (Å²) in [7, 11) is -7.76. The van der Waals surface area contributed by atoms with Gasteiger partial charge in [0.15, 0.2) is 0 Å². The molecule has 0 aliphatic carbocycles. The first kappa shape index (κ1) is 18.4. The molecule has 2 aromatic rings. The number of rotatable bonds is 5. The van der Waals surface area contributed by atoms with Crippen molar-refractivity contribution in [3.8, 4) is 0 Å². The Morgan fingerprint density at radius 2 is 2.08 bits per heavy atom. The van der Waals surface area contributed by atoms with Crippen LogP contribution in [-0.2, 0) is 26.6 Å². The normalized spacial score (nSPS) is 20.3. The molecule has 2 aromatic heterocycles. The number of hydrogen-bond acceptors (Lipinski definition) is 7. The van der Waals surface area contributed by atoms with Crippen LogP contribution in [0.3, 0.4) is 0 Å². The maximum absolute atomic E-state index is 13.0. The molecule has 0 aromatic carbocycles. The molecular weight excluding hydrogens is 384 g/mol. The lowest BCUT2D eigenvalue weighted by Crippen LogP contribution is -2.42. The molecule has 0 saturated carbocycles. The molecule has 0 radical (unpaired) electrons. The molecule has 0 fully saturated rings. The highest BCUT2D eigenvalue weighted by molar-refractivity contribution is 7.94. The van der Waals surface area contributed by atoms with Crippen molar-refractivity contribution in [3.05, 3.63) is 41.7 Å². The molecule has 0 saturated heterocycles. The first-order chi connectivity index (χ1) is 11.7. The van der Waals surface area contributed by atoms with E-state index in [1.165, 1.54) is 10.4 Å². The summed E-state index contributed by atoms with van der Waals surface area (Å²) >= 11 is 0.698. The van der Waals surface area contributed by atoms with Gasteiger partial charge in [0.2, 0.25) is 10.0 Å².